The standard InChI is InChI=1S/C12H20N2/c1-2-3-4-7-13-12-10-14-8-5-11(12)6-9-14/h1,11-13H,3-10H2. The molecule has 3 rings (SSSR count). The van der Waals surface area contributed by atoms with Crippen LogP contribution >= 0.6 is 0 Å². The molecule has 0 amide bonds. The maximum atomic E-state index is 5.22. The highest BCUT2D eigenvalue weighted by Gasteiger charge is 2.33. The maximum absolute atomic E-state index is 5.22. The van der Waals surface area contributed by atoms with E-state index in [2.05, 4.69) is 16.1 Å². The molecule has 3 saturated heterocycles. The predicted molar refractivity (Wildman–Crippen MR) is 59.0 cm³/mol. The molecule has 1 N–H and O–H groups in total. The topological polar surface area (TPSA) is 15.3 Å². The van der Waals surface area contributed by atoms with Gasteiger partial charge in [0.05, 0.1) is 0 Å². The van der Waals surface area contributed by atoms with Crippen molar-refractivity contribution in [1.29, 1.82) is 0 Å². The third kappa shape index (κ3) is 2.29. The molecule has 2 bridgehead atoms. The van der Waals surface area contributed by atoms with Crippen LogP contribution in [0.15, 0.2) is 0 Å². The highest BCUT2D eigenvalue weighted by Crippen LogP contribution is 2.27. The zero-order valence-electron chi connectivity index (χ0n) is 8.84. The first kappa shape index (κ1) is 10.0. The first-order valence-corrected chi connectivity index (χ1v) is 5.79. The van der Waals surface area contributed by atoms with Crippen molar-refractivity contribution in [2.24, 2.45) is 5.92 Å². The van der Waals surface area contributed by atoms with E-state index in [9.17, 15) is 0 Å². The van der Waals surface area contributed by atoms with Gasteiger partial charge in [0.1, 0.15) is 0 Å². The third-order valence-corrected chi connectivity index (χ3v) is 3.56. The van der Waals surface area contributed by atoms with Crippen LogP contribution in [0.5, 0.6) is 0 Å². The quantitative estimate of drug-likeness (QED) is 0.530. The monoisotopic (exact) mass is 192 g/mol. The Morgan fingerprint density at radius 2 is 2.14 bits per heavy atom. The second-order valence-corrected chi connectivity index (χ2v) is 4.51. The van der Waals surface area contributed by atoms with Gasteiger partial charge >= 0.3 is 0 Å². The smallest absolute Gasteiger partial charge is 0.0224 e. The summed E-state index contributed by atoms with van der Waals surface area (Å²) in [6, 6.07) is 0.746. The Labute approximate surface area is 87.1 Å². The Morgan fingerprint density at radius 3 is 2.71 bits per heavy atom. The normalized spacial score (nSPS) is 35.5. The molecule has 0 aromatic rings. The molecule has 1 atom stereocenters. The zero-order chi connectivity index (χ0) is 9.80. The van der Waals surface area contributed by atoms with E-state index in [1.54, 1.807) is 0 Å². The molecule has 3 heterocycles. The summed E-state index contributed by atoms with van der Waals surface area (Å²) >= 11 is 0. The maximum Gasteiger partial charge on any atom is 0.0224 e. The Hall–Kier alpha value is -0.520. The number of piperidine rings is 3. The molecule has 2 nitrogen and oxygen atoms in total. The first-order valence-electron chi connectivity index (χ1n) is 5.79. The zero-order valence-corrected chi connectivity index (χ0v) is 8.84. The van der Waals surface area contributed by atoms with E-state index < -0.39 is 0 Å². The predicted octanol–water partition coefficient (Wildman–Crippen LogP) is 1.08. The van der Waals surface area contributed by atoms with E-state index in [0.29, 0.717) is 0 Å². The van der Waals surface area contributed by atoms with Crippen molar-refractivity contribution in [2.75, 3.05) is 26.2 Å². The minimum Gasteiger partial charge on any atom is -0.312 e. The highest BCUT2D eigenvalue weighted by atomic mass is 15.2. The average Bonchev–Trinajstić information content (AvgIpc) is 2.26. The Kier molecular flexibility index (Phi) is 3.44. The molecule has 14 heavy (non-hydrogen) atoms. The molecule has 1 unspecified atom stereocenters. The molecule has 0 spiro atoms. The van der Waals surface area contributed by atoms with Gasteiger partial charge in [-0.25, -0.2) is 0 Å². The Balaban J connectivity index is 1.69. The van der Waals surface area contributed by atoms with Crippen molar-refractivity contribution in [2.45, 2.75) is 31.7 Å². The number of rotatable bonds is 4. The van der Waals surface area contributed by atoms with Crippen LogP contribution in [0.25, 0.3) is 0 Å². The molecule has 3 fully saturated rings. The fourth-order valence-corrected chi connectivity index (χ4v) is 2.67. The molecule has 0 aliphatic carbocycles. The summed E-state index contributed by atoms with van der Waals surface area (Å²) in [6.07, 6.45) is 10.0. The lowest BCUT2D eigenvalue weighted by Crippen LogP contribution is -2.56. The SMILES string of the molecule is C#CCCCNC1CN2CCC1CC2. The fraction of sp³-hybridized carbons (Fsp3) is 0.833. The van der Waals surface area contributed by atoms with Crippen LogP contribution in [0.4, 0.5) is 0 Å². The molecular formula is C12H20N2. The van der Waals surface area contributed by atoms with Crippen LogP contribution in [0, 0.1) is 18.3 Å². The molecule has 0 aromatic carbocycles. The van der Waals surface area contributed by atoms with Crippen LogP contribution in [-0.4, -0.2) is 37.1 Å². The molecule has 2 heteroatoms. The van der Waals surface area contributed by atoms with Gasteiger partial charge < -0.3 is 10.2 Å². The molecule has 0 radical (unpaired) electrons. The van der Waals surface area contributed by atoms with Crippen molar-refractivity contribution >= 4 is 0 Å². The fourth-order valence-electron chi connectivity index (χ4n) is 2.67. The second kappa shape index (κ2) is 4.82. The minimum atomic E-state index is 0.746. The van der Waals surface area contributed by atoms with Gasteiger partial charge in [0.2, 0.25) is 0 Å². The van der Waals surface area contributed by atoms with Gasteiger partial charge in [-0.2, -0.15) is 0 Å². The van der Waals surface area contributed by atoms with Gasteiger partial charge in [0.15, 0.2) is 0 Å². The second-order valence-electron chi connectivity index (χ2n) is 4.51. The lowest BCUT2D eigenvalue weighted by molar-refractivity contribution is 0.0729. The lowest BCUT2D eigenvalue weighted by atomic mass is 9.84. The van der Waals surface area contributed by atoms with Crippen LogP contribution in [-0.2, 0) is 0 Å². The molecule has 3 aliphatic heterocycles. The lowest BCUT2D eigenvalue weighted by Gasteiger charge is -2.45. The van der Waals surface area contributed by atoms with Crippen molar-refractivity contribution in [3.05, 3.63) is 0 Å². The summed E-state index contributed by atoms with van der Waals surface area (Å²) in [7, 11) is 0. The van der Waals surface area contributed by atoms with Gasteiger partial charge in [0.25, 0.3) is 0 Å². The van der Waals surface area contributed by atoms with E-state index in [1.807, 2.05) is 0 Å². The Bertz CT molecular complexity index is 211. The van der Waals surface area contributed by atoms with Crippen LogP contribution in [0.3, 0.4) is 0 Å². The third-order valence-electron chi connectivity index (χ3n) is 3.56. The van der Waals surface area contributed by atoms with E-state index in [1.165, 1.54) is 32.5 Å². The number of terminal acetylenes is 1. The molecule has 3 aliphatic rings. The minimum absolute atomic E-state index is 0.746. The largest absolute Gasteiger partial charge is 0.312 e. The van der Waals surface area contributed by atoms with Gasteiger partial charge in [0, 0.05) is 19.0 Å². The van der Waals surface area contributed by atoms with E-state index in [0.717, 1.165) is 31.3 Å². The van der Waals surface area contributed by atoms with Gasteiger partial charge in [-0.1, -0.05) is 0 Å². The van der Waals surface area contributed by atoms with Gasteiger partial charge in [-0.05, 0) is 44.8 Å². The van der Waals surface area contributed by atoms with Crippen molar-refractivity contribution in [3.63, 3.8) is 0 Å². The van der Waals surface area contributed by atoms with E-state index in [-0.39, 0.29) is 0 Å². The number of hydrogen-bond donors (Lipinski definition) is 1. The average molecular weight is 192 g/mol. The number of unbranched alkanes of at least 4 members (excludes halogenated alkanes) is 1. The molecule has 0 saturated carbocycles. The summed E-state index contributed by atoms with van der Waals surface area (Å²) in [5.41, 5.74) is 0. The number of fused-ring (bicyclic) bond motifs is 3. The van der Waals surface area contributed by atoms with Crippen LogP contribution in [0.2, 0.25) is 0 Å². The van der Waals surface area contributed by atoms with Crippen LogP contribution in [0.1, 0.15) is 25.7 Å². The number of nitrogens with zero attached hydrogens (tertiary/aromatic N) is 1. The summed E-state index contributed by atoms with van der Waals surface area (Å²) in [5, 5.41) is 3.65. The van der Waals surface area contributed by atoms with Crippen LogP contribution < -0.4 is 5.32 Å². The van der Waals surface area contributed by atoms with Crippen molar-refractivity contribution in [3.8, 4) is 12.3 Å². The summed E-state index contributed by atoms with van der Waals surface area (Å²) in [6.45, 7) is 5.01. The van der Waals surface area contributed by atoms with E-state index in [4.69, 9.17) is 6.42 Å². The number of hydrogen-bond acceptors (Lipinski definition) is 2. The van der Waals surface area contributed by atoms with Gasteiger partial charge in [-0.3, -0.25) is 0 Å². The summed E-state index contributed by atoms with van der Waals surface area (Å²) in [4.78, 5) is 2.58. The van der Waals surface area contributed by atoms with Gasteiger partial charge in [-0.15, -0.1) is 12.3 Å². The Morgan fingerprint density at radius 1 is 1.36 bits per heavy atom. The molecule has 0 aromatic heterocycles. The van der Waals surface area contributed by atoms with Crippen molar-refractivity contribution < 1.29 is 0 Å². The van der Waals surface area contributed by atoms with Crippen molar-refractivity contribution in [1.82, 2.24) is 10.2 Å². The first-order chi connectivity index (χ1) is 6.90. The summed E-state index contributed by atoms with van der Waals surface area (Å²) < 4.78 is 0. The molecular weight excluding hydrogens is 172 g/mol. The highest BCUT2D eigenvalue weighted by molar-refractivity contribution is 4.91. The van der Waals surface area contributed by atoms with E-state index >= 15 is 0 Å². The summed E-state index contributed by atoms with van der Waals surface area (Å²) in [5.74, 6) is 3.62. The number of nitrogens with one attached hydrogen (secondary N) is 1. The molecule has 78 valence electrons.